The van der Waals surface area contributed by atoms with Crippen molar-refractivity contribution in [3.63, 3.8) is 0 Å². The third-order valence-corrected chi connectivity index (χ3v) is 3.34. The van der Waals surface area contributed by atoms with Gasteiger partial charge in [0.2, 0.25) is 5.91 Å². The van der Waals surface area contributed by atoms with Crippen LogP contribution < -0.4 is 10.6 Å². The van der Waals surface area contributed by atoms with Gasteiger partial charge < -0.3 is 10.6 Å². The zero-order chi connectivity index (χ0) is 13.8. The number of hydrogen-bond acceptors (Lipinski definition) is 4. The molecule has 102 valence electrons. The van der Waals surface area contributed by atoms with Gasteiger partial charge in [0.1, 0.15) is 0 Å². The third-order valence-electron chi connectivity index (χ3n) is 3.34. The number of nitrogens with one attached hydrogen (secondary N) is 2. The largest absolute Gasteiger partial charge is 0.349 e. The van der Waals surface area contributed by atoms with Gasteiger partial charge in [-0.3, -0.25) is 14.6 Å². The lowest BCUT2D eigenvalue weighted by Crippen LogP contribution is -2.40. The lowest BCUT2D eigenvalue weighted by atomic mass is 10.1. The topological polar surface area (TPSA) is 71.1 Å². The fraction of sp³-hybridized carbons (Fsp3) is 0.500. The zero-order valence-corrected chi connectivity index (χ0v) is 11.3. The average molecular weight is 261 g/mol. The molecule has 1 aliphatic rings. The number of Topliss-reactive ketones (excluding diaryl/α,β-unsaturated/α-hetero) is 1. The molecule has 5 nitrogen and oxygen atoms in total. The van der Waals surface area contributed by atoms with Crippen LogP contribution in [0.25, 0.3) is 0 Å². The number of aryl methyl sites for hydroxylation is 1. The van der Waals surface area contributed by atoms with E-state index >= 15 is 0 Å². The molecule has 1 aliphatic heterocycles. The number of carbonyl (C=O) groups excluding carboxylic acids is 2. The highest BCUT2D eigenvalue weighted by Crippen LogP contribution is 2.08. The number of ketones is 1. The first kappa shape index (κ1) is 13.7. The highest BCUT2D eigenvalue weighted by Gasteiger charge is 2.21. The van der Waals surface area contributed by atoms with Gasteiger partial charge in [-0.25, -0.2) is 0 Å². The van der Waals surface area contributed by atoms with Gasteiger partial charge in [0.15, 0.2) is 5.78 Å². The van der Waals surface area contributed by atoms with E-state index in [9.17, 15) is 9.59 Å². The SMILES string of the molecule is CC(=O)c1ccc(CNC(=O)[C@@H]2CCCN2)nc1C. The van der Waals surface area contributed by atoms with Crippen LogP contribution in [-0.4, -0.2) is 29.3 Å². The Morgan fingerprint density at radius 2 is 2.26 bits per heavy atom. The van der Waals surface area contributed by atoms with Gasteiger partial charge in [0.25, 0.3) is 0 Å². The van der Waals surface area contributed by atoms with E-state index in [1.807, 2.05) is 0 Å². The lowest BCUT2D eigenvalue weighted by Gasteiger charge is -2.11. The summed E-state index contributed by atoms with van der Waals surface area (Å²) >= 11 is 0. The summed E-state index contributed by atoms with van der Waals surface area (Å²) < 4.78 is 0. The second-order valence-corrected chi connectivity index (χ2v) is 4.86. The Morgan fingerprint density at radius 3 is 2.84 bits per heavy atom. The quantitative estimate of drug-likeness (QED) is 0.792. The summed E-state index contributed by atoms with van der Waals surface area (Å²) in [6.07, 6.45) is 1.93. The van der Waals surface area contributed by atoms with Crippen molar-refractivity contribution < 1.29 is 9.59 Å². The molecular formula is C14H19N3O2. The minimum Gasteiger partial charge on any atom is -0.349 e. The van der Waals surface area contributed by atoms with Gasteiger partial charge in [0.05, 0.1) is 18.3 Å². The molecule has 2 rings (SSSR count). The van der Waals surface area contributed by atoms with Crippen molar-refractivity contribution in [2.75, 3.05) is 6.54 Å². The number of hydrogen-bond donors (Lipinski definition) is 2. The normalized spacial score (nSPS) is 18.3. The molecule has 0 spiro atoms. The fourth-order valence-electron chi connectivity index (χ4n) is 2.29. The van der Waals surface area contributed by atoms with Crippen LogP contribution in [0.3, 0.4) is 0 Å². The van der Waals surface area contributed by atoms with Crippen molar-refractivity contribution in [1.29, 1.82) is 0 Å². The zero-order valence-electron chi connectivity index (χ0n) is 11.3. The molecule has 1 amide bonds. The van der Waals surface area contributed by atoms with Crippen molar-refractivity contribution in [2.24, 2.45) is 0 Å². The minimum absolute atomic E-state index is 0.00995. The fourth-order valence-corrected chi connectivity index (χ4v) is 2.29. The van der Waals surface area contributed by atoms with Crippen LogP contribution in [0.4, 0.5) is 0 Å². The van der Waals surface area contributed by atoms with E-state index in [1.165, 1.54) is 6.92 Å². The maximum Gasteiger partial charge on any atom is 0.237 e. The van der Waals surface area contributed by atoms with Crippen molar-refractivity contribution in [3.8, 4) is 0 Å². The predicted octanol–water partition coefficient (Wildman–Crippen LogP) is 0.961. The van der Waals surface area contributed by atoms with E-state index in [2.05, 4.69) is 15.6 Å². The van der Waals surface area contributed by atoms with Crippen LogP contribution in [0.2, 0.25) is 0 Å². The summed E-state index contributed by atoms with van der Waals surface area (Å²) in [5.74, 6) is 0.0309. The Morgan fingerprint density at radius 1 is 1.47 bits per heavy atom. The first-order valence-corrected chi connectivity index (χ1v) is 6.56. The number of carbonyl (C=O) groups is 2. The number of nitrogens with zero attached hydrogens (tertiary/aromatic N) is 1. The summed E-state index contributed by atoms with van der Waals surface area (Å²) in [4.78, 5) is 27.5. The minimum atomic E-state index is -0.0717. The van der Waals surface area contributed by atoms with Crippen LogP contribution in [-0.2, 0) is 11.3 Å². The van der Waals surface area contributed by atoms with Crippen LogP contribution in [0.1, 0.15) is 41.5 Å². The molecule has 0 radical (unpaired) electrons. The molecule has 19 heavy (non-hydrogen) atoms. The van der Waals surface area contributed by atoms with Gasteiger partial charge in [-0.1, -0.05) is 0 Å². The van der Waals surface area contributed by atoms with Gasteiger partial charge in [-0.15, -0.1) is 0 Å². The molecule has 1 saturated heterocycles. The first-order chi connectivity index (χ1) is 9.08. The van der Waals surface area contributed by atoms with Crippen molar-refractivity contribution >= 4 is 11.7 Å². The summed E-state index contributed by atoms with van der Waals surface area (Å²) in [5.41, 5.74) is 2.11. The molecule has 0 saturated carbocycles. The maximum atomic E-state index is 11.8. The number of amides is 1. The van der Waals surface area contributed by atoms with Crippen molar-refractivity contribution in [3.05, 3.63) is 29.1 Å². The first-order valence-electron chi connectivity index (χ1n) is 6.56. The van der Waals surface area contributed by atoms with E-state index in [-0.39, 0.29) is 17.7 Å². The summed E-state index contributed by atoms with van der Waals surface area (Å²) in [7, 11) is 0. The standard InChI is InChI=1S/C14H19N3O2/c1-9-12(10(2)18)6-5-11(17-9)8-16-14(19)13-4-3-7-15-13/h5-6,13,15H,3-4,7-8H2,1-2H3,(H,16,19)/t13-/m0/s1. The summed E-state index contributed by atoms with van der Waals surface area (Å²) in [6, 6.07) is 3.48. The van der Waals surface area contributed by atoms with E-state index in [1.54, 1.807) is 19.1 Å². The van der Waals surface area contributed by atoms with Gasteiger partial charge in [-0.2, -0.15) is 0 Å². The van der Waals surface area contributed by atoms with Crippen LogP contribution in [0.5, 0.6) is 0 Å². The number of rotatable bonds is 4. The Balaban J connectivity index is 1.94. The molecule has 5 heteroatoms. The van der Waals surface area contributed by atoms with Gasteiger partial charge in [-0.05, 0) is 45.4 Å². The molecule has 1 aromatic heterocycles. The molecule has 0 aromatic carbocycles. The highest BCUT2D eigenvalue weighted by atomic mass is 16.2. The average Bonchev–Trinajstić information content (AvgIpc) is 2.89. The van der Waals surface area contributed by atoms with Crippen LogP contribution in [0, 0.1) is 6.92 Å². The molecular weight excluding hydrogens is 242 g/mol. The monoisotopic (exact) mass is 261 g/mol. The van der Waals surface area contributed by atoms with Gasteiger partial charge in [0, 0.05) is 11.3 Å². The molecule has 2 N–H and O–H groups in total. The molecule has 1 fully saturated rings. The summed E-state index contributed by atoms with van der Waals surface area (Å²) in [6.45, 7) is 4.64. The van der Waals surface area contributed by atoms with E-state index < -0.39 is 0 Å². The Labute approximate surface area is 112 Å². The third kappa shape index (κ3) is 3.38. The van der Waals surface area contributed by atoms with Crippen LogP contribution >= 0.6 is 0 Å². The van der Waals surface area contributed by atoms with Crippen molar-refractivity contribution in [2.45, 2.75) is 39.3 Å². The second-order valence-electron chi connectivity index (χ2n) is 4.86. The Kier molecular flexibility index (Phi) is 4.27. The van der Waals surface area contributed by atoms with Crippen LogP contribution in [0.15, 0.2) is 12.1 Å². The molecule has 1 aromatic rings. The summed E-state index contributed by atoms with van der Waals surface area (Å²) in [5, 5.41) is 6.02. The molecule has 2 heterocycles. The lowest BCUT2D eigenvalue weighted by molar-refractivity contribution is -0.122. The maximum absolute atomic E-state index is 11.8. The molecule has 0 unspecified atom stereocenters. The van der Waals surface area contributed by atoms with E-state index in [0.29, 0.717) is 17.8 Å². The van der Waals surface area contributed by atoms with Crippen molar-refractivity contribution in [1.82, 2.24) is 15.6 Å². The Hall–Kier alpha value is -1.75. The predicted molar refractivity (Wildman–Crippen MR) is 71.8 cm³/mol. The Bertz CT molecular complexity index is 493. The smallest absolute Gasteiger partial charge is 0.237 e. The number of aromatic nitrogens is 1. The molecule has 0 bridgehead atoms. The van der Waals surface area contributed by atoms with E-state index in [0.717, 1.165) is 25.1 Å². The number of pyridine rings is 1. The van der Waals surface area contributed by atoms with E-state index in [4.69, 9.17) is 0 Å². The highest BCUT2D eigenvalue weighted by molar-refractivity contribution is 5.95. The molecule has 0 aliphatic carbocycles. The van der Waals surface area contributed by atoms with Gasteiger partial charge >= 0.3 is 0 Å². The molecule has 1 atom stereocenters. The second kappa shape index (κ2) is 5.93.